The lowest BCUT2D eigenvalue weighted by Crippen LogP contribution is -2.49. The standard InChI is InChI=1S/C20H31N3O2/c1-20(2,3)25-19(24)23-13-11-21(12-14-23)16-17-7-6-8-18(15-17)22-9-4-5-10-22/h6-8,15H,4-5,9-14,16H2,1-3H3. The van der Waals surface area contributed by atoms with Crippen molar-refractivity contribution in [2.75, 3.05) is 44.2 Å². The second-order valence-electron chi connectivity index (χ2n) is 8.11. The van der Waals surface area contributed by atoms with Crippen LogP contribution in [0.5, 0.6) is 0 Å². The second kappa shape index (κ2) is 7.65. The smallest absolute Gasteiger partial charge is 0.410 e. The third-order valence-electron chi connectivity index (χ3n) is 4.81. The summed E-state index contributed by atoms with van der Waals surface area (Å²) in [5.41, 5.74) is 2.28. The Hall–Kier alpha value is -1.75. The molecule has 0 spiro atoms. The molecule has 2 saturated heterocycles. The van der Waals surface area contributed by atoms with Gasteiger partial charge in [0.05, 0.1) is 0 Å². The van der Waals surface area contributed by atoms with E-state index in [1.165, 1.54) is 37.2 Å². The maximum atomic E-state index is 12.2. The fourth-order valence-corrected chi connectivity index (χ4v) is 3.50. The Morgan fingerprint density at radius 3 is 2.36 bits per heavy atom. The molecular weight excluding hydrogens is 314 g/mol. The molecule has 3 rings (SSSR count). The van der Waals surface area contributed by atoms with Crippen LogP contribution in [-0.4, -0.2) is 60.8 Å². The van der Waals surface area contributed by atoms with E-state index in [-0.39, 0.29) is 6.09 Å². The molecule has 2 aliphatic rings. The van der Waals surface area contributed by atoms with Gasteiger partial charge in [0.25, 0.3) is 0 Å². The first-order valence-electron chi connectivity index (χ1n) is 9.45. The summed E-state index contributed by atoms with van der Waals surface area (Å²) in [6.07, 6.45) is 2.41. The van der Waals surface area contributed by atoms with Crippen LogP contribution in [0.4, 0.5) is 10.5 Å². The molecule has 0 aromatic heterocycles. The molecule has 2 fully saturated rings. The zero-order valence-corrected chi connectivity index (χ0v) is 15.8. The number of carbonyl (C=O) groups excluding carboxylic acids is 1. The Labute approximate surface area is 151 Å². The summed E-state index contributed by atoms with van der Waals surface area (Å²) in [5.74, 6) is 0. The van der Waals surface area contributed by atoms with E-state index in [2.05, 4.69) is 34.1 Å². The molecule has 1 aromatic rings. The van der Waals surface area contributed by atoms with Gasteiger partial charge >= 0.3 is 6.09 Å². The molecule has 25 heavy (non-hydrogen) atoms. The van der Waals surface area contributed by atoms with Crippen molar-refractivity contribution in [2.45, 2.75) is 45.8 Å². The molecule has 0 bridgehead atoms. The average Bonchev–Trinajstić information content (AvgIpc) is 3.09. The molecule has 0 N–H and O–H groups in total. The quantitative estimate of drug-likeness (QED) is 0.842. The van der Waals surface area contributed by atoms with E-state index in [0.717, 1.165) is 32.7 Å². The summed E-state index contributed by atoms with van der Waals surface area (Å²) in [6.45, 7) is 12.3. The lowest BCUT2D eigenvalue weighted by atomic mass is 10.1. The number of carbonyl (C=O) groups is 1. The number of benzene rings is 1. The predicted octanol–water partition coefficient (Wildman–Crippen LogP) is 3.34. The van der Waals surface area contributed by atoms with Gasteiger partial charge < -0.3 is 14.5 Å². The van der Waals surface area contributed by atoms with Gasteiger partial charge in [-0.15, -0.1) is 0 Å². The predicted molar refractivity (Wildman–Crippen MR) is 101 cm³/mol. The summed E-state index contributed by atoms with van der Waals surface area (Å²) < 4.78 is 5.47. The highest BCUT2D eigenvalue weighted by atomic mass is 16.6. The van der Waals surface area contributed by atoms with Crippen LogP contribution >= 0.6 is 0 Å². The van der Waals surface area contributed by atoms with Crippen LogP contribution in [-0.2, 0) is 11.3 Å². The van der Waals surface area contributed by atoms with Gasteiger partial charge in [0.1, 0.15) is 5.60 Å². The minimum atomic E-state index is -0.426. The van der Waals surface area contributed by atoms with E-state index in [0.29, 0.717) is 0 Å². The van der Waals surface area contributed by atoms with E-state index in [4.69, 9.17) is 4.74 Å². The van der Waals surface area contributed by atoms with Crippen LogP contribution in [0.2, 0.25) is 0 Å². The second-order valence-corrected chi connectivity index (χ2v) is 8.11. The summed E-state index contributed by atoms with van der Waals surface area (Å²) in [4.78, 5) is 18.9. The van der Waals surface area contributed by atoms with Crippen molar-refractivity contribution in [3.05, 3.63) is 29.8 Å². The molecule has 0 radical (unpaired) electrons. The van der Waals surface area contributed by atoms with E-state index >= 15 is 0 Å². The Morgan fingerprint density at radius 2 is 1.72 bits per heavy atom. The minimum Gasteiger partial charge on any atom is -0.444 e. The van der Waals surface area contributed by atoms with Gasteiger partial charge in [-0.05, 0) is 51.3 Å². The lowest BCUT2D eigenvalue weighted by Gasteiger charge is -2.35. The van der Waals surface area contributed by atoms with Crippen molar-refractivity contribution in [3.63, 3.8) is 0 Å². The van der Waals surface area contributed by atoms with Gasteiger partial charge in [-0.1, -0.05) is 12.1 Å². The summed E-state index contributed by atoms with van der Waals surface area (Å²) in [7, 11) is 0. The number of hydrogen-bond acceptors (Lipinski definition) is 4. The van der Waals surface area contributed by atoms with Gasteiger partial charge in [-0.3, -0.25) is 4.90 Å². The summed E-state index contributed by atoms with van der Waals surface area (Å²) in [6, 6.07) is 8.92. The van der Waals surface area contributed by atoms with E-state index in [1.54, 1.807) is 0 Å². The molecule has 0 aliphatic carbocycles. The van der Waals surface area contributed by atoms with E-state index in [9.17, 15) is 4.79 Å². The number of hydrogen-bond donors (Lipinski definition) is 0. The first-order valence-corrected chi connectivity index (χ1v) is 9.45. The van der Waals surface area contributed by atoms with E-state index < -0.39 is 5.60 Å². The van der Waals surface area contributed by atoms with Crippen LogP contribution in [0.1, 0.15) is 39.2 Å². The normalized spacial score (nSPS) is 19.3. The molecule has 1 aromatic carbocycles. The number of rotatable bonds is 3. The summed E-state index contributed by atoms with van der Waals surface area (Å²) in [5, 5.41) is 0. The maximum Gasteiger partial charge on any atom is 0.410 e. The molecule has 0 saturated carbocycles. The summed E-state index contributed by atoms with van der Waals surface area (Å²) >= 11 is 0. The maximum absolute atomic E-state index is 12.2. The monoisotopic (exact) mass is 345 g/mol. The van der Waals surface area contributed by atoms with Crippen LogP contribution in [0.15, 0.2) is 24.3 Å². The van der Waals surface area contributed by atoms with Gasteiger partial charge in [-0.2, -0.15) is 0 Å². The first-order chi connectivity index (χ1) is 11.9. The highest BCUT2D eigenvalue weighted by Crippen LogP contribution is 2.22. The van der Waals surface area contributed by atoms with Crippen molar-refractivity contribution in [3.8, 4) is 0 Å². The molecule has 2 aliphatic heterocycles. The Kier molecular flexibility index (Phi) is 5.52. The molecule has 138 valence electrons. The van der Waals surface area contributed by atoms with Crippen molar-refractivity contribution in [2.24, 2.45) is 0 Å². The zero-order valence-electron chi connectivity index (χ0n) is 15.8. The molecule has 0 atom stereocenters. The molecular formula is C20H31N3O2. The fraction of sp³-hybridized carbons (Fsp3) is 0.650. The molecule has 2 heterocycles. The minimum absolute atomic E-state index is 0.191. The Morgan fingerprint density at radius 1 is 1.04 bits per heavy atom. The molecule has 5 heteroatoms. The number of amides is 1. The highest BCUT2D eigenvalue weighted by Gasteiger charge is 2.25. The van der Waals surface area contributed by atoms with Gasteiger partial charge in [-0.25, -0.2) is 4.79 Å². The molecule has 0 unspecified atom stereocenters. The van der Waals surface area contributed by atoms with E-state index in [1.807, 2.05) is 25.7 Å². The van der Waals surface area contributed by atoms with Crippen molar-refractivity contribution >= 4 is 11.8 Å². The van der Waals surface area contributed by atoms with Gasteiger partial charge in [0.2, 0.25) is 0 Å². The van der Waals surface area contributed by atoms with Crippen molar-refractivity contribution in [1.82, 2.24) is 9.80 Å². The zero-order chi connectivity index (χ0) is 17.9. The number of piperazine rings is 1. The SMILES string of the molecule is CC(C)(C)OC(=O)N1CCN(Cc2cccc(N3CCCC3)c2)CC1. The number of anilines is 1. The van der Waals surface area contributed by atoms with Crippen molar-refractivity contribution < 1.29 is 9.53 Å². The largest absolute Gasteiger partial charge is 0.444 e. The van der Waals surface area contributed by atoms with Crippen LogP contribution in [0.25, 0.3) is 0 Å². The van der Waals surface area contributed by atoms with Crippen LogP contribution in [0.3, 0.4) is 0 Å². The molecule has 5 nitrogen and oxygen atoms in total. The molecule has 1 amide bonds. The van der Waals surface area contributed by atoms with Crippen molar-refractivity contribution in [1.29, 1.82) is 0 Å². The number of ether oxygens (including phenoxy) is 1. The number of nitrogens with zero attached hydrogens (tertiary/aromatic N) is 3. The third-order valence-corrected chi connectivity index (χ3v) is 4.81. The topological polar surface area (TPSA) is 36.0 Å². The van der Waals surface area contributed by atoms with Crippen LogP contribution < -0.4 is 4.90 Å². The first kappa shape index (κ1) is 18.1. The highest BCUT2D eigenvalue weighted by molar-refractivity contribution is 5.68. The van der Waals surface area contributed by atoms with Crippen LogP contribution in [0, 0.1) is 0 Å². The lowest BCUT2D eigenvalue weighted by molar-refractivity contribution is 0.0139. The van der Waals surface area contributed by atoms with Gasteiger partial charge in [0.15, 0.2) is 0 Å². The average molecular weight is 345 g/mol. The Balaban J connectivity index is 1.50. The third kappa shape index (κ3) is 5.11. The fourth-order valence-electron chi connectivity index (χ4n) is 3.50. The Bertz CT molecular complexity index is 583. The van der Waals surface area contributed by atoms with Gasteiger partial charge in [0, 0.05) is 51.5 Å².